The van der Waals surface area contributed by atoms with E-state index in [0.717, 1.165) is 0 Å². The molecule has 0 amide bonds. The van der Waals surface area contributed by atoms with Crippen molar-refractivity contribution < 1.29 is 9.59 Å². The molecule has 0 aromatic heterocycles. The number of fused-ring (bicyclic) bond motifs is 1. The zero-order valence-electron chi connectivity index (χ0n) is 6.19. The van der Waals surface area contributed by atoms with Crippen LogP contribution < -0.4 is 5.32 Å². The number of hydrogen-bond acceptors (Lipinski definition) is 4. The van der Waals surface area contributed by atoms with Crippen molar-refractivity contribution in [1.29, 1.82) is 0 Å². The van der Waals surface area contributed by atoms with E-state index in [1.54, 1.807) is 11.6 Å². The van der Waals surface area contributed by atoms with Gasteiger partial charge in [-0.1, -0.05) is 0 Å². The molecule has 2 rings (SSSR count). The Morgan fingerprint density at radius 1 is 1.25 bits per heavy atom. The average Bonchev–Trinajstić information content (AvgIpc) is 2.04. The molecule has 2 atom stereocenters. The third-order valence-corrected chi connectivity index (χ3v) is 2.88. The van der Waals surface area contributed by atoms with Crippen molar-refractivity contribution in [2.24, 2.45) is 5.92 Å². The lowest BCUT2D eigenvalue weighted by Gasteiger charge is -2.27. The van der Waals surface area contributed by atoms with Gasteiger partial charge in [-0.15, -0.1) is 11.8 Å². The fourth-order valence-corrected chi connectivity index (χ4v) is 2.24. The Kier molecular flexibility index (Phi) is 1.77. The minimum absolute atomic E-state index is 0.0967. The molecule has 0 aromatic rings. The minimum Gasteiger partial charge on any atom is -0.378 e. The number of rotatable bonds is 0. The normalized spacial score (nSPS) is 33.0. The molecular formula is C8H7NO2S. The molecule has 62 valence electrons. The van der Waals surface area contributed by atoms with E-state index in [9.17, 15) is 9.59 Å². The summed E-state index contributed by atoms with van der Waals surface area (Å²) in [5.74, 6) is -0.703. The van der Waals surface area contributed by atoms with E-state index in [4.69, 9.17) is 0 Å². The van der Waals surface area contributed by atoms with Crippen LogP contribution in [0.15, 0.2) is 23.8 Å². The summed E-state index contributed by atoms with van der Waals surface area (Å²) in [6.45, 7) is 0. The van der Waals surface area contributed by atoms with Gasteiger partial charge in [-0.25, -0.2) is 0 Å². The number of ketones is 2. The number of hydrogen-bond donors (Lipinski definition) is 1. The zero-order chi connectivity index (χ0) is 8.55. The van der Waals surface area contributed by atoms with Crippen molar-refractivity contribution in [3.8, 4) is 0 Å². The molecule has 2 aliphatic rings. The van der Waals surface area contributed by atoms with E-state index in [1.165, 1.54) is 23.9 Å². The van der Waals surface area contributed by atoms with E-state index in [1.807, 2.05) is 0 Å². The second kappa shape index (κ2) is 2.79. The quantitative estimate of drug-likeness (QED) is 0.551. The maximum absolute atomic E-state index is 11.2. The van der Waals surface area contributed by atoms with Crippen molar-refractivity contribution in [3.05, 3.63) is 23.8 Å². The van der Waals surface area contributed by atoms with Crippen LogP contribution in [-0.4, -0.2) is 16.9 Å². The Morgan fingerprint density at radius 3 is 2.75 bits per heavy atom. The molecule has 3 nitrogen and oxygen atoms in total. The van der Waals surface area contributed by atoms with Crippen LogP contribution in [-0.2, 0) is 9.59 Å². The maximum Gasteiger partial charge on any atom is 0.170 e. The molecule has 0 saturated heterocycles. The van der Waals surface area contributed by atoms with Gasteiger partial charge in [0.2, 0.25) is 0 Å². The molecule has 12 heavy (non-hydrogen) atoms. The lowest BCUT2D eigenvalue weighted by molar-refractivity contribution is -0.128. The summed E-state index contributed by atoms with van der Waals surface area (Å²) >= 11 is 1.47. The average molecular weight is 181 g/mol. The highest BCUT2D eigenvalue weighted by Crippen LogP contribution is 2.27. The van der Waals surface area contributed by atoms with Gasteiger partial charge in [-0.3, -0.25) is 9.59 Å². The number of thioether (sulfide) groups is 1. The van der Waals surface area contributed by atoms with Gasteiger partial charge >= 0.3 is 0 Å². The highest BCUT2D eigenvalue weighted by Gasteiger charge is 2.35. The van der Waals surface area contributed by atoms with Crippen molar-refractivity contribution in [3.63, 3.8) is 0 Å². The smallest absolute Gasteiger partial charge is 0.170 e. The summed E-state index contributed by atoms with van der Waals surface area (Å²) in [6.07, 6.45) is 4.48. The van der Waals surface area contributed by atoms with Crippen LogP contribution in [0.25, 0.3) is 0 Å². The van der Waals surface area contributed by atoms with Crippen molar-refractivity contribution >= 4 is 23.3 Å². The number of allylic oxidation sites excluding steroid dienone is 2. The van der Waals surface area contributed by atoms with Crippen LogP contribution in [0.1, 0.15) is 0 Å². The Labute approximate surface area is 73.9 Å². The summed E-state index contributed by atoms with van der Waals surface area (Å²) in [7, 11) is 0. The molecule has 0 aromatic carbocycles. The van der Waals surface area contributed by atoms with E-state index < -0.39 is 5.92 Å². The second-order valence-corrected chi connectivity index (χ2v) is 3.69. The van der Waals surface area contributed by atoms with Crippen LogP contribution in [0.5, 0.6) is 0 Å². The summed E-state index contributed by atoms with van der Waals surface area (Å²) < 4.78 is 0. The summed E-state index contributed by atoms with van der Waals surface area (Å²) in [6, 6.07) is 0. The maximum atomic E-state index is 11.2. The molecule has 0 radical (unpaired) electrons. The van der Waals surface area contributed by atoms with E-state index in [2.05, 4.69) is 5.32 Å². The number of nitrogens with one attached hydrogen (secondary N) is 1. The molecule has 0 spiro atoms. The fourth-order valence-electron chi connectivity index (χ4n) is 1.28. The van der Waals surface area contributed by atoms with Crippen molar-refractivity contribution in [2.75, 3.05) is 0 Å². The monoisotopic (exact) mass is 181 g/mol. The molecule has 4 heteroatoms. The Balaban J connectivity index is 2.33. The summed E-state index contributed by atoms with van der Waals surface area (Å²) in [4.78, 5) is 22.5. The van der Waals surface area contributed by atoms with Gasteiger partial charge < -0.3 is 5.32 Å². The standard InChI is InChI=1S/C8H7NO2S/c10-5-1-3-9-8-7(5)6(11)2-4-12-8/h1-4,7-9H. The van der Waals surface area contributed by atoms with Crippen LogP contribution >= 0.6 is 11.8 Å². The van der Waals surface area contributed by atoms with Crippen LogP contribution in [0, 0.1) is 5.92 Å². The first kappa shape index (κ1) is 7.61. The van der Waals surface area contributed by atoms with Gasteiger partial charge in [0.25, 0.3) is 0 Å². The van der Waals surface area contributed by atoms with Gasteiger partial charge in [0, 0.05) is 6.20 Å². The topological polar surface area (TPSA) is 46.2 Å². The molecule has 2 unspecified atom stereocenters. The first-order chi connectivity index (χ1) is 5.79. The third-order valence-electron chi connectivity index (χ3n) is 1.88. The van der Waals surface area contributed by atoms with Gasteiger partial charge in [0.15, 0.2) is 11.6 Å². The van der Waals surface area contributed by atoms with Crippen LogP contribution in [0.3, 0.4) is 0 Å². The van der Waals surface area contributed by atoms with E-state index >= 15 is 0 Å². The zero-order valence-corrected chi connectivity index (χ0v) is 7.01. The summed E-state index contributed by atoms with van der Waals surface area (Å²) in [5.41, 5.74) is 0. The second-order valence-electron chi connectivity index (χ2n) is 2.64. The lowest BCUT2D eigenvalue weighted by atomic mass is 9.96. The molecule has 0 aliphatic carbocycles. The molecule has 0 fully saturated rings. The van der Waals surface area contributed by atoms with E-state index in [0.29, 0.717) is 0 Å². The van der Waals surface area contributed by atoms with Gasteiger partial charge in [0.05, 0.1) is 5.37 Å². The molecule has 2 heterocycles. The van der Waals surface area contributed by atoms with E-state index in [-0.39, 0.29) is 16.9 Å². The third kappa shape index (κ3) is 1.08. The highest BCUT2D eigenvalue weighted by molar-refractivity contribution is 8.02. The molecule has 0 saturated carbocycles. The summed E-state index contributed by atoms with van der Waals surface area (Å²) in [5, 5.41) is 4.60. The predicted octanol–water partition coefficient (Wildman–Crippen LogP) is 0.444. The Bertz CT molecular complexity index is 267. The van der Waals surface area contributed by atoms with Crippen LogP contribution in [0.2, 0.25) is 0 Å². The first-order valence-electron chi connectivity index (χ1n) is 3.61. The molecule has 1 N–H and O–H groups in total. The Hall–Kier alpha value is -1.03. The molecular weight excluding hydrogens is 174 g/mol. The Morgan fingerprint density at radius 2 is 2.00 bits per heavy atom. The highest BCUT2D eigenvalue weighted by atomic mass is 32.2. The number of carbonyl (C=O) groups excluding carboxylic acids is 2. The number of carbonyl (C=O) groups is 2. The van der Waals surface area contributed by atoms with Crippen LogP contribution in [0.4, 0.5) is 0 Å². The minimum atomic E-state index is -0.509. The fraction of sp³-hybridized carbons (Fsp3) is 0.250. The SMILES string of the molecule is O=C1C=CNC2SC=CC(=O)C12. The first-order valence-corrected chi connectivity index (χ1v) is 4.55. The van der Waals surface area contributed by atoms with Gasteiger partial charge in [0.1, 0.15) is 5.92 Å². The van der Waals surface area contributed by atoms with Gasteiger partial charge in [-0.05, 0) is 17.6 Å². The largest absolute Gasteiger partial charge is 0.378 e. The predicted molar refractivity (Wildman–Crippen MR) is 46.3 cm³/mol. The van der Waals surface area contributed by atoms with Crippen molar-refractivity contribution in [2.45, 2.75) is 5.37 Å². The molecule has 2 aliphatic heterocycles. The molecule has 0 bridgehead atoms. The van der Waals surface area contributed by atoms with Crippen molar-refractivity contribution in [1.82, 2.24) is 5.32 Å². The van der Waals surface area contributed by atoms with Gasteiger partial charge in [-0.2, -0.15) is 0 Å². The lowest BCUT2D eigenvalue weighted by Crippen LogP contribution is -2.43.